The van der Waals surface area contributed by atoms with Crippen molar-refractivity contribution in [1.29, 1.82) is 0 Å². The Hall–Kier alpha value is -0.410. The minimum Gasteiger partial charge on any atom is -0.388 e. The number of aliphatic hydroxyl groups excluding tert-OH is 1. The Morgan fingerprint density at radius 3 is 3.00 bits per heavy atom. The van der Waals surface area contributed by atoms with Gasteiger partial charge < -0.3 is 5.11 Å². The molecule has 1 aliphatic carbocycles. The molecule has 3 heteroatoms. The van der Waals surface area contributed by atoms with Crippen LogP contribution in [0.3, 0.4) is 0 Å². The van der Waals surface area contributed by atoms with Crippen LogP contribution in [-0.2, 0) is 13.1 Å². The lowest BCUT2D eigenvalue weighted by Gasteiger charge is -2.07. The SMILES string of the molecule is O[C@H]1CCc2c1ccc(CF)c2Br. The fourth-order valence-electron chi connectivity index (χ4n) is 1.79. The molecular weight excluding hydrogens is 235 g/mol. The molecule has 0 saturated carbocycles. The third kappa shape index (κ3) is 1.40. The summed E-state index contributed by atoms with van der Waals surface area (Å²) in [6, 6.07) is 3.56. The van der Waals surface area contributed by atoms with Gasteiger partial charge in [-0.3, -0.25) is 0 Å². The molecule has 0 radical (unpaired) electrons. The van der Waals surface area contributed by atoms with Crippen LogP contribution in [0.1, 0.15) is 29.2 Å². The molecule has 1 nitrogen and oxygen atoms in total. The van der Waals surface area contributed by atoms with Gasteiger partial charge in [-0.1, -0.05) is 28.1 Å². The first-order valence-electron chi connectivity index (χ1n) is 4.28. The molecule has 0 heterocycles. The Morgan fingerprint density at radius 2 is 2.31 bits per heavy atom. The minimum atomic E-state index is -0.454. The van der Waals surface area contributed by atoms with E-state index >= 15 is 0 Å². The Morgan fingerprint density at radius 1 is 1.54 bits per heavy atom. The molecule has 0 bridgehead atoms. The number of aliphatic hydroxyl groups is 1. The summed E-state index contributed by atoms with van der Waals surface area (Å²) in [4.78, 5) is 0. The normalized spacial score (nSPS) is 20.4. The molecular formula is C10H10BrFO. The first kappa shape index (κ1) is 9.16. The quantitative estimate of drug-likeness (QED) is 0.806. The van der Waals surface area contributed by atoms with E-state index in [9.17, 15) is 9.50 Å². The van der Waals surface area contributed by atoms with E-state index < -0.39 is 6.67 Å². The summed E-state index contributed by atoms with van der Waals surface area (Å²) in [5, 5.41) is 9.55. The summed E-state index contributed by atoms with van der Waals surface area (Å²) < 4.78 is 13.3. The van der Waals surface area contributed by atoms with Crippen molar-refractivity contribution in [2.75, 3.05) is 0 Å². The maximum absolute atomic E-state index is 12.5. The molecule has 1 N–H and O–H groups in total. The predicted molar refractivity (Wildman–Crippen MR) is 52.2 cm³/mol. The summed E-state index contributed by atoms with van der Waals surface area (Å²) in [6.07, 6.45) is 1.23. The lowest BCUT2D eigenvalue weighted by Crippen LogP contribution is -1.92. The van der Waals surface area contributed by atoms with E-state index in [2.05, 4.69) is 15.9 Å². The van der Waals surface area contributed by atoms with Gasteiger partial charge in [0.25, 0.3) is 0 Å². The topological polar surface area (TPSA) is 20.2 Å². The Kier molecular flexibility index (Phi) is 2.39. The van der Waals surface area contributed by atoms with Crippen LogP contribution in [0.15, 0.2) is 16.6 Å². The maximum Gasteiger partial charge on any atom is 0.116 e. The molecule has 2 rings (SSSR count). The van der Waals surface area contributed by atoms with Gasteiger partial charge in [0, 0.05) is 4.47 Å². The summed E-state index contributed by atoms with van der Waals surface area (Å²) >= 11 is 3.37. The standard InChI is InChI=1S/C10H10BrFO/c11-10-6(5-12)1-2-7-8(10)3-4-9(7)13/h1-2,9,13H,3-5H2/t9-/m0/s1. The van der Waals surface area contributed by atoms with Crippen molar-refractivity contribution in [2.24, 2.45) is 0 Å². The van der Waals surface area contributed by atoms with E-state index in [0.717, 1.165) is 28.4 Å². The first-order valence-corrected chi connectivity index (χ1v) is 5.07. The summed E-state index contributed by atoms with van der Waals surface area (Å²) in [5.41, 5.74) is 2.69. The first-order chi connectivity index (χ1) is 6.24. The second-order valence-corrected chi connectivity index (χ2v) is 4.09. The third-order valence-electron chi connectivity index (χ3n) is 2.53. The van der Waals surface area contributed by atoms with Crippen LogP contribution in [0.25, 0.3) is 0 Å². The fourth-order valence-corrected chi connectivity index (χ4v) is 2.46. The highest BCUT2D eigenvalue weighted by Gasteiger charge is 2.23. The van der Waals surface area contributed by atoms with E-state index in [-0.39, 0.29) is 6.10 Å². The average Bonchev–Trinajstić information content (AvgIpc) is 2.50. The van der Waals surface area contributed by atoms with Crippen LogP contribution < -0.4 is 0 Å². The minimum absolute atomic E-state index is 0.361. The molecule has 1 aliphatic rings. The smallest absolute Gasteiger partial charge is 0.116 e. The zero-order chi connectivity index (χ0) is 9.42. The van der Waals surface area contributed by atoms with Crippen molar-refractivity contribution in [1.82, 2.24) is 0 Å². The van der Waals surface area contributed by atoms with Crippen molar-refractivity contribution < 1.29 is 9.50 Å². The van der Waals surface area contributed by atoms with Gasteiger partial charge >= 0.3 is 0 Å². The molecule has 0 aliphatic heterocycles. The fraction of sp³-hybridized carbons (Fsp3) is 0.400. The average molecular weight is 245 g/mol. The summed E-state index contributed by atoms with van der Waals surface area (Å²) in [6.45, 7) is -0.454. The van der Waals surface area contributed by atoms with Gasteiger partial charge in [0.2, 0.25) is 0 Å². The van der Waals surface area contributed by atoms with Gasteiger partial charge in [-0.15, -0.1) is 0 Å². The number of rotatable bonds is 1. The molecule has 1 aromatic carbocycles. The molecule has 1 atom stereocenters. The van der Waals surface area contributed by atoms with Crippen LogP contribution in [0.5, 0.6) is 0 Å². The summed E-state index contributed by atoms with van der Waals surface area (Å²) in [7, 11) is 0. The van der Waals surface area contributed by atoms with Crippen molar-refractivity contribution in [3.63, 3.8) is 0 Å². The van der Waals surface area contributed by atoms with Crippen LogP contribution in [0, 0.1) is 0 Å². The molecule has 70 valence electrons. The maximum atomic E-state index is 12.5. The Bertz CT molecular complexity index is 338. The van der Waals surface area contributed by atoms with Gasteiger partial charge in [-0.2, -0.15) is 0 Å². The molecule has 1 aromatic rings. The second-order valence-electron chi connectivity index (χ2n) is 3.29. The highest BCUT2D eigenvalue weighted by molar-refractivity contribution is 9.10. The van der Waals surface area contributed by atoms with Gasteiger partial charge in [0.05, 0.1) is 6.10 Å². The van der Waals surface area contributed by atoms with Gasteiger partial charge in [-0.25, -0.2) is 4.39 Å². The van der Waals surface area contributed by atoms with Crippen molar-refractivity contribution in [3.8, 4) is 0 Å². The lowest BCUT2D eigenvalue weighted by molar-refractivity contribution is 0.180. The van der Waals surface area contributed by atoms with Crippen molar-refractivity contribution in [2.45, 2.75) is 25.6 Å². The lowest BCUT2D eigenvalue weighted by atomic mass is 10.1. The molecule has 0 amide bonds. The van der Waals surface area contributed by atoms with E-state index in [1.54, 1.807) is 6.07 Å². The van der Waals surface area contributed by atoms with Crippen LogP contribution in [0.4, 0.5) is 4.39 Å². The van der Waals surface area contributed by atoms with Gasteiger partial charge in [0.1, 0.15) is 6.67 Å². The Balaban J connectivity index is 2.54. The van der Waals surface area contributed by atoms with Gasteiger partial charge in [-0.05, 0) is 29.5 Å². The van der Waals surface area contributed by atoms with Crippen LogP contribution >= 0.6 is 15.9 Å². The van der Waals surface area contributed by atoms with Crippen LogP contribution in [0.2, 0.25) is 0 Å². The second kappa shape index (κ2) is 3.39. The van der Waals surface area contributed by atoms with E-state index in [1.807, 2.05) is 6.07 Å². The molecule has 0 spiro atoms. The molecule has 0 unspecified atom stereocenters. The molecule has 0 fully saturated rings. The third-order valence-corrected chi connectivity index (χ3v) is 3.52. The van der Waals surface area contributed by atoms with Crippen LogP contribution in [-0.4, -0.2) is 5.11 Å². The summed E-state index contributed by atoms with van der Waals surface area (Å²) in [5.74, 6) is 0. The van der Waals surface area contributed by atoms with E-state index in [1.165, 1.54) is 0 Å². The largest absolute Gasteiger partial charge is 0.388 e. The highest BCUT2D eigenvalue weighted by atomic mass is 79.9. The zero-order valence-electron chi connectivity index (χ0n) is 7.06. The monoisotopic (exact) mass is 244 g/mol. The number of hydrogen-bond donors (Lipinski definition) is 1. The van der Waals surface area contributed by atoms with Gasteiger partial charge in [0.15, 0.2) is 0 Å². The van der Waals surface area contributed by atoms with E-state index in [4.69, 9.17) is 0 Å². The predicted octanol–water partition coefficient (Wildman–Crippen LogP) is 2.90. The number of fused-ring (bicyclic) bond motifs is 1. The zero-order valence-corrected chi connectivity index (χ0v) is 8.64. The number of alkyl halides is 1. The number of halogens is 2. The van der Waals surface area contributed by atoms with Crippen molar-refractivity contribution in [3.05, 3.63) is 33.3 Å². The number of benzene rings is 1. The number of hydrogen-bond acceptors (Lipinski definition) is 1. The van der Waals surface area contributed by atoms with Crippen molar-refractivity contribution >= 4 is 15.9 Å². The molecule has 0 saturated heterocycles. The Labute approximate surface area is 84.7 Å². The highest BCUT2D eigenvalue weighted by Crippen LogP contribution is 2.37. The van der Waals surface area contributed by atoms with E-state index in [0.29, 0.717) is 5.56 Å². The molecule has 0 aromatic heterocycles. The molecule has 13 heavy (non-hydrogen) atoms.